The van der Waals surface area contributed by atoms with Gasteiger partial charge in [0.15, 0.2) is 10.9 Å². The van der Waals surface area contributed by atoms with Crippen LogP contribution in [-0.4, -0.2) is 0 Å². The summed E-state index contributed by atoms with van der Waals surface area (Å²) in [5.74, 6) is 0. The zero-order valence-electron chi connectivity index (χ0n) is 19.6. The number of rotatable bonds is 0. The van der Waals surface area contributed by atoms with Crippen molar-refractivity contribution in [1.82, 2.24) is 0 Å². The average Bonchev–Trinajstić information content (AvgIpc) is 2.86. The maximum atomic E-state index is 13.9. The molecule has 0 radical (unpaired) electrons. The van der Waals surface area contributed by atoms with Crippen LogP contribution in [0.25, 0.3) is 75.4 Å². The van der Waals surface area contributed by atoms with Crippen LogP contribution in [0.3, 0.4) is 0 Å². The molecule has 0 unspecified atom stereocenters. The summed E-state index contributed by atoms with van der Waals surface area (Å²) < 4.78 is 2.66. The highest BCUT2D eigenvalue weighted by molar-refractivity contribution is 9.11. The first-order valence-corrected chi connectivity index (χ1v) is 14.3. The van der Waals surface area contributed by atoms with Gasteiger partial charge in [-0.05, 0) is 116 Å². The van der Waals surface area contributed by atoms with Gasteiger partial charge in [-0.3, -0.25) is 9.59 Å². The van der Waals surface area contributed by atoms with Crippen molar-refractivity contribution in [2.24, 2.45) is 0 Å². The predicted octanol–water partition coefficient (Wildman–Crippen LogP) is 9.70. The molecule has 2 nitrogen and oxygen atoms in total. The molecule has 0 bridgehead atoms. The Bertz CT molecular complexity index is 2440. The second kappa shape index (κ2) is 7.16. The van der Waals surface area contributed by atoms with E-state index in [2.05, 4.69) is 84.2 Å². The van der Waals surface area contributed by atoms with Gasteiger partial charge in [0.1, 0.15) is 0 Å². The summed E-state index contributed by atoms with van der Waals surface area (Å²) >= 11 is 11.2. The zero-order chi connectivity index (χ0) is 25.5. The summed E-state index contributed by atoms with van der Waals surface area (Å²) in [6.07, 6.45) is 0. The van der Waals surface area contributed by atoms with Crippen molar-refractivity contribution in [2.75, 3.05) is 0 Å². The third-order valence-electron chi connectivity index (χ3n) is 8.00. The molecule has 0 spiro atoms. The number of hydrogen-bond acceptors (Lipinski definition) is 2. The molecule has 0 aromatic heterocycles. The number of fused-ring (bicyclic) bond motifs is 4. The van der Waals surface area contributed by atoms with Gasteiger partial charge in [0.2, 0.25) is 0 Å². The molecular formula is C32H15Br3O2. The van der Waals surface area contributed by atoms with Crippen LogP contribution in [0, 0.1) is 13.8 Å². The lowest BCUT2D eigenvalue weighted by Gasteiger charge is -2.20. The van der Waals surface area contributed by atoms with Gasteiger partial charge in [0.05, 0.1) is 0 Å². The standard InChI is InChI=1S/C32H15Br3O2/c1-12-7-20-25(21(33)8-12)18-10-14-4-6-17-27-19(28-22(34)9-13(2)30(35)29(28)32(17)37)11-15-3-5-16(31(20)36)26(18)23(15)24(14)27/h3-11H,1-2H3. The van der Waals surface area contributed by atoms with Crippen molar-refractivity contribution in [3.8, 4) is 0 Å². The largest absolute Gasteiger partial charge is 0.289 e. The van der Waals surface area contributed by atoms with Gasteiger partial charge in [-0.15, -0.1) is 0 Å². The topological polar surface area (TPSA) is 34.1 Å². The average molecular weight is 671 g/mol. The van der Waals surface area contributed by atoms with Gasteiger partial charge in [-0.25, -0.2) is 0 Å². The van der Waals surface area contributed by atoms with E-state index < -0.39 is 0 Å². The van der Waals surface area contributed by atoms with Gasteiger partial charge < -0.3 is 0 Å². The molecule has 0 aliphatic heterocycles. The second-order valence-electron chi connectivity index (χ2n) is 10.1. The smallest absolute Gasteiger partial charge is 0.195 e. The van der Waals surface area contributed by atoms with Crippen LogP contribution in [0.4, 0.5) is 0 Å². The lowest BCUT2D eigenvalue weighted by atomic mass is 9.83. The van der Waals surface area contributed by atoms with Crippen LogP contribution < -0.4 is 10.9 Å². The summed E-state index contributed by atoms with van der Waals surface area (Å²) in [5, 5.41) is 13.0. The molecule has 37 heavy (non-hydrogen) atoms. The first-order valence-electron chi connectivity index (χ1n) is 11.9. The van der Waals surface area contributed by atoms with E-state index in [0.29, 0.717) is 10.8 Å². The Morgan fingerprint density at radius 1 is 0.486 bits per heavy atom. The number of hydrogen-bond donors (Lipinski definition) is 0. The van der Waals surface area contributed by atoms with E-state index >= 15 is 0 Å². The maximum Gasteiger partial charge on any atom is 0.195 e. The fourth-order valence-corrected chi connectivity index (χ4v) is 8.54. The molecule has 0 aliphatic rings. The molecule has 0 N–H and O–H groups in total. The second-order valence-corrected chi connectivity index (χ2v) is 12.6. The molecule has 8 aromatic carbocycles. The highest BCUT2D eigenvalue weighted by Gasteiger charge is 2.24. The molecule has 0 atom stereocenters. The Morgan fingerprint density at radius 3 is 1.70 bits per heavy atom. The van der Waals surface area contributed by atoms with Crippen LogP contribution in [0.2, 0.25) is 0 Å². The fourth-order valence-electron chi connectivity index (χ4n) is 6.51. The number of benzene rings is 8. The summed E-state index contributed by atoms with van der Waals surface area (Å²) in [6, 6.07) is 18.6. The van der Waals surface area contributed by atoms with Gasteiger partial charge >= 0.3 is 0 Å². The maximum absolute atomic E-state index is 13.9. The van der Waals surface area contributed by atoms with Crippen LogP contribution in [-0.2, 0) is 0 Å². The molecule has 176 valence electrons. The third-order valence-corrected chi connectivity index (χ3v) is 10.3. The van der Waals surface area contributed by atoms with Crippen molar-refractivity contribution in [2.45, 2.75) is 13.8 Å². The van der Waals surface area contributed by atoms with E-state index in [1.54, 1.807) is 0 Å². The minimum Gasteiger partial charge on any atom is -0.289 e. The van der Waals surface area contributed by atoms with Crippen molar-refractivity contribution in [1.29, 1.82) is 0 Å². The molecule has 0 amide bonds. The van der Waals surface area contributed by atoms with E-state index in [-0.39, 0.29) is 10.9 Å². The predicted molar refractivity (Wildman–Crippen MR) is 168 cm³/mol. The monoisotopic (exact) mass is 668 g/mol. The van der Waals surface area contributed by atoms with E-state index in [1.165, 1.54) is 0 Å². The van der Waals surface area contributed by atoms with E-state index in [1.807, 2.05) is 32.0 Å². The van der Waals surface area contributed by atoms with Gasteiger partial charge in [0.25, 0.3) is 0 Å². The summed E-state index contributed by atoms with van der Waals surface area (Å²) in [7, 11) is 0. The van der Waals surface area contributed by atoms with Crippen molar-refractivity contribution in [3.05, 3.63) is 99.6 Å². The van der Waals surface area contributed by atoms with E-state index in [9.17, 15) is 9.59 Å². The van der Waals surface area contributed by atoms with Gasteiger partial charge in [-0.2, -0.15) is 0 Å². The Morgan fingerprint density at radius 2 is 1.05 bits per heavy atom. The lowest BCUT2D eigenvalue weighted by molar-refractivity contribution is 1.45. The Balaban J connectivity index is 1.77. The van der Waals surface area contributed by atoms with Crippen molar-refractivity contribution < 1.29 is 0 Å². The third kappa shape index (κ3) is 2.60. The Hall–Kier alpha value is -2.86. The highest BCUT2D eigenvalue weighted by atomic mass is 79.9. The molecular weight excluding hydrogens is 656 g/mol. The van der Waals surface area contributed by atoms with Crippen LogP contribution >= 0.6 is 47.8 Å². The van der Waals surface area contributed by atoms with Crippen LogP contribution in [0.15, 0.2) is 77.6 Å². The molecule has 0 saturated carbocycles. The first-order chi connectivity index (χ1) is 17.8. The quantitative estimate of drug-likeness (QED) is 0.119. The fraction of sp³-hybridized carbons (Fsp3) is 0.0625. The minimum absolute atomic E-state index is 0.0175. The Labute approximate surface area is 235 Å². The first kappa shape index (κ1) is 22.2. The normalized spacial score (nSPS) is 12.7. The molecule has 5 heteroatoms. The zero-order valence-corrected chi connectivity index (χ0v) is 24.4. The van der Waals surface area contributed by atoms with Gasteiger partial charge in [-0.1, -0.05) is 44.0 Å². The van der Waals surface area contributed by atoms with Crippen molar-refractivity contribution in [3.63, 3.8) is 0 Å². The molecule has 0 aliphatic carbocycles. The summed E-state index contributed by atoms with van der Waals surface area (Å²) in [5.41, 5.74) is 2.12. The highest BCUT2D eigenvalue weighted by Crippen LogP contribution is 2.47. The van der Waals surface area contributed by atoms with E-state index in [0.717, 1.165) is 89.2 Å². The SMILES string of the molecule is Cc1cc(Br)c2c(c1)c(=O)c1ccc3cc4c5c(Br)cc(C)c(Br)c5c(=O)c5ccc6cc2c1c3c6c54. The van der Waals surface area contributed by atoms with E-state index in [4.69, 9.17) is 0 Å². The molecule has 0 fully saturated rings. The lowest BCUT2D eigenvalue weighted by Crippen LogP contribution is -2.07. The van der Waals surface area contributed by atoms with Crippen LogP contribution in [0.1, 0.15) is 11.1 Å². The molecule has 8 rings (SSSR count). The minimum atomic E-state index is 0.0175. The summed E-state index contributed by atoms with van der Waals surface area (Å²) in [4.78, 5) is 27.7. The number of aryl methyl sites for hydroxylation is 2. The van der Waals surface area contributed by atoms with Crippen LogP contribution in [0.5, 0.6) is 0 Å². The summed E-state index contributed by atoms with van der Waals surface area (Å²) in [6.45, 7) is 4.01. The molecule has 0 saturated heterocycles. The molecule has 0 heterocycles. The Kier molecular flexibility index (Phi) is 4.29. The number of halogens is 3. The van der Waals surface area contributed by atoms with Crippen molar-refractivity contribution >= 4 is 123 Å². The molecule has 8 aromatic rings. The van der Waals surface area contributed by atoms with Gasteiger partial charge in [0, 0.05) is 56.5 Å².